The van der Waals surface area contributed by atoms with E-state index in [1.165, 1.54) is 0 Å². The van der Waals surface area contributed by atoms with E-state index in [1.807, 2.05) is 36.4 Å². The van der Waals surface area contributed by atoms with Gasteiger partial charge in [-0.2, -0.15) is 0 Å². The lowest BCUT2D eigenvalue weighted by Gasteiger charge is -2.15. The Morgan fingerprint density at radius 2 is 1.73 bits per heavy atom. The molecule has 22 heavy (non-hydrogen) atoms. The van der Waals surface area contributed by atoms with E-state index in [2.05, 4.69) is 6.07 Å². The average molecular weight is 295 g/mol. The first-order valence-electron chi connectivity index (χ1n) is 7.03. The summed E-state index contributed by atoms with van der Waals surface area (Å²) < 4.78 is 22.4. The van der Waals surface area contributed by atoms with Gasteiger partial charge in [-0.05, 0) is 30.3 Å². The molecule has 1 aliphatic rings. The van der Waals surface area contributed by atoms with Crippen molar-refractivity contribution in [3.8, 4) is 28.6 Å². The fourth-order valence-electron chi connectivity index (χ4n) is 2.72. The average Bonchev–Trinajstić information content (AvgIpc) is 2.58. The molecule has 1 aromatic heterocycles. The molecule has 110 valence electrons. The molecule has 0 amide bonds. The number of hydrogen-bond acceptors (Lipinski definition) is 3. The second-order valence-electron chi connectivity index (χ2n) is 5.16. The third-order valence-corrected chi connectivity index (χ3v) is 3.87. The summed E-state index contributed by atoms with van der Waals surface area (Å²) >= 11 is 0. The summed E-state index contributed by atoms with van der Waals surface area (Å²) in [6.07, 6.45) is 0. The van der Waals surface area contributed by atoms with Crippen LogP contribution in [0.1, 0.15) is 5.56 Å². The Morgan fingerprint density at radius 3 is 2.55 bits per heavy atom. The molecule has 0 saturated heterocycles. The molecule has 0 aliphatic carbocycles. The van der Waals surface area contributed by atoms with Gasteiger partial charge in [0.15, 0.2) is 0 Å². The maximum Gasteiger partial charge on any atom is 0.371 e. The Morgan fingerprint density at radius 1 is 0.955 bits per heavy atom. The van der Waals surface area contributed by atoms with Gasteiger partial charge in [-0.25, -0.2) is 4.42 Å². The van der Waals surface area contributed by atoms with Crippen molar-refractivity contribution in [3.63, 3.8) is 0 Å². The van der Waals surface area contributed by atoms with Gasteiger partial charge >= 0.3 is 11.3 Å². The van der Waals surface area contributed by atoms with Crippen LogP contribution in [0.4, 0.5) is 0 Å². The van der Waals surface area contributed by atoms with Crippen LogP contribution in [0.25, 0.3) is 22.3 Å². The minimum atomic E-state index is 0.478. The number of fused-ring (bicyclic) bond motifs is 4. The molecule has 1 aliphatic heterocycles. The predicted molar refractivity (Wildman–Crippen MR) is 83.5 cm³/mol. The van der Waals surface area contributed by atoms with Gasteiger partial charge in [-0.3, -0.25) is 0 Å². The van der Waals surface area contributed by atoms with Gasteiger partial charge in [0.2, 0.25) is 0 Å². The van der Waals surface area contributed by atoms with Gasteiger partial charge in [0.1, 0.15) is 29.4 Å². The van der Waals surface area contributed by atoms with E-state index >= 15 is 0 Å². The third-order valence-electron chi connectivity index (χ3n) is 3.87. The highest BCUT2D eigenvalue weighted by Gasteiger charge is 2.29. The van der Waals surface area contributed by atoms with Crippen LogP contribution >= 0.6 is 0 Å². The van der Waals surface area contributed by atoms with Crippen molar-refractivity contribution in [2.75, 3.05) is 14.2 Å². The maximum atomic E-state index is 6.11. The molecule has 0 bridgehead atoms. The quantitative estimate of drug-likeness (QED) is 0.661. The Kier molecular flexibility index (Phi) is 2.89. The van der Waals surface area contributed by atoms with Crippen LogP contribution in [0.2, 0.25) is 0 Å². The van der Waals surface area contributed by atoms with Gasteiger partial charge in [-0.15, -0.1) is 0 Å². The summed E-state index contributed by atoms with van der Waals surface area (Å²) in [5.41, 5.74) is 2.79. The summed E-state index contributed by atoms with van der Waals surface area (Å²) in [6.45, 7) is 0.478. The topological polar surface area (TPSA) is 39.0 Å². The normalized spacial score (nSPS) is 12.3. The highest BCUT2D eigenvalue weighted by Crippen LogP contribution is 2.41. The van der Waals surface area contributed by atoms with E-state index in [1.54, 1.807) is 14.2 Å². The van der Waals surface area contributed by atoms with E-state index in [-0.39, 0.29) is 0 Å². The first-order valence-corrected chi connectivity index (χ1v) is 7.03. The summed E-state index contributed by atoms with van der Waals surface area (Å²) in [6, 6.07) is 13.6. The van der Waals surface area contributed by atoms with E-state index in [0.717, 1.165) is 45.1 Å². The molecule has 0 N–H and O–H groups in total. The predicted octanol–water partition coefficient (Wildman–Crippen LogP) is 4.29. The molecule has 0 fully saturated rings. The smallest absolute Gasteiger partial charge is 0.371 e. The zero-order valence-corrected chi connectivity index (χ0v) is 12.4. The number of methoxy groups -OCH3 is 2. The fraction of sp³-hybridized carbons (Fsp3) is 0.167. The van der Waals surface area contributed by atoms with Gasteiger partial charge in [-0.1, -0.05) is 0 Å². The molecule has 4 rings (SSSR count). The minimum Gasteiger partial charge on any atom is -0.497 e. The van der Waals surface area contributed by atoms with E-state index in [4.69, 9.17) is 18.6 Å². The summed E-state index contributed by atoms with van der Waals surface area (Å²) in [7, 11) is 3.30. The van der Waals surface area contributed by atoms with Crippen molar-refractivity contribution in [2.45, 2.75) is 6.61 Å². The summed E-state index contributed by atoms with van der Waals surface area (Å²) in [5, 5.41) is 0.999. The van der Waals surface area contributed by atoms with Gasteiger partial charge in [0, 0.05) is 12.1 Å². The molecule has 2 aromatic carbocycles. The Balaban J connectivity index is 1.91. The zero-order chi connectivity index (χ0) is 15.1. The monoisotopic (exact) mass is 295 g/mol. The Labute approximate surface area is 127 Å². The molecule has 4 heteroatoms. The van der Waals surface area contributed by atoms with Crippen LogP contribution in [-0.2, 0) is 6.61 Å². The number of rotatable bonds is 2. The molecule has 4 nitrogen and oxygen atoms in total. The van der Waals surface area contributed by atoms with E-state index in [9.17, 15) is 0 Å². The molecule has 0 unspecified atom stereocenters. The number of benzene rings is 2. The second-order valence-corrected chi connectivity index (χ2v) is 5.16. The van der Waals surface area contributed by atoms with Gasteiger partial charge in [0.25, 0.3) is 0 Å². The lowest BCUT2D eigenvalue weighted by atomic mass is 10.0. The molecule has 0 saturated carbocycles. The van der Waals surface area contributed by atoms with Crippen LogP contribution < -0.4 is 14.2 Å². The molecule has 2 heterocycles. The molecule has 0 spiro atoms. The van der Waals surface area contributed by atoms with Crippen molar-refractivity contribution >= 4 is 11.0 Å². The largest absolute Gasteiger partial charge is 0.497 e. The van der Waals surface area contributed by atoms with Crippen LogP contribution in [0.3, 0.4) is 0 Å². The molecular formula is C18H15O4+. The van der Waals surface area contributed by atoms with Crippen molar-refractivity contribution in [1.29, 1.82) is 0 Å². The van der Waals surface area contributed by atoms with Gasteiger partial charge < -0.3 is 14.2 Å². The molecule has 0 radical (unpaired) electrons. The first-order chi connectivity index (χ1) is 10.8. The number of ether oxygens (including phenoxy) is 3. The van der Waals surface area contributed by atoms with Crippen LogP contribution in [0.15, 0.2) is 46.9 Å². The lowest BCUT2D eigenvalue weighted by Crippen LogP contribution is -2.05. The number of hydrogen-bond donors (Lipinski definition) is 0. The van der Waals surface area contributed by atoms with Crippen molar-refractivity contribution in [3.05, 3.63) is 48.0 Å². The zero-order valence-electron chi connectivity index (χ0n) is 12.4. The standard InChI is InChI=1S/C18H15O4/c1-19-13-4-6-16-11(8-13)7-12-10-21-17-9-14(20-2)3-5-15(17)18(12)22-16/h3-9H,10H2,1-2H3/q+1. The second kappa shape index (κ2) is 4.91. The molecular weight excluding hydrogens is 280 g/mol. The van der Waals surface area contributed by atoms with Crippen LogP contribution in [0, 0.1) is 0 Å². The SMILES string of the molecule is COc1ccc2c(c1)OCc1cc3cc(OC)ccc3[o+]c1-2. The summed E-state index contributed by atoms with van der Waals surface area (Å²) in [4.78, 5) is 0. The van der Waals surface area contributed by atoms with E-state index < -0.39 is 0 Å². The molecule has 3 aromatic rings. The van der Waals surface area contributed by atoms with E-state index in [0.29, 0.717) is 6.61 Å². The lowest BCUT2D eigenvalue weighted by molar-refractivity contribution is 0.294. The summed E-state index contributed by atoms with van der Waals surface area (Å²) in [5.74, 6) is 3.21. The highest BCUT2D eigenvalue weighted by molar-refractivity contribution is 5.83. The third kappa shape index (κ3) is 1.96. The maximum absolute atomic E-state index is 6.11. The van der Waals surface area contributed by atoms with Crippen molar-refractivity contribution in [1.82, 2.24) is 0 Å². The highest BCUT2D eigenvalue weighted by atomic mass is 16.5. The van der Waals surface area contributed by atoms with Crippen molar-refractivity contribution in [2.24, 2.45) is 0 Å². The van der Waals surface area contributed by atoms with Crippen LogP contribution in [0.5, 0.6) is 17.2 Å². The Bertz CT molecular complexity index is 870. The Hall–Kier alpha value is -2.75. The molecule has 0 atom stereocenters. The van der Waals surface area contributed by atoms with Crippen molar-refractivity contribution < 1.29 is 18.6 Å². The van der Waals surface area contributed by atoms with Crippen LogP contribution in [-0.4, -0.2) is 14.2 Å². The first kappa shape index (κ1) is 13.0. The fourth-order valence-corrected chi connectivity index (χ4v) is 2.72. The van der Waals surface area contributed by atoms with Gasteiger partial charge in [0.05, 0.1) is 25.2 Å². The minimum absolute atomic E-state index is 0.478.